The van der Waals surface area contributed by atoms with Crippen molar-refractivity contribution >= 4 is 33.2 Å². The highest BCUT2D eigenvalue weighted by atomic mass is 15.1. The smallest absolute Gasteiger partial charge is 0.159 e. The molecule has 162 valence electrons. The molecule has 33 heavy (non-hydrogen) atoms. The summed E-state index contributed by atoms with van der Waals surface area (Å²) >= 11 is 0. The molecule has 0 radical (unpaired) electrons. The third kappa shape index (κ3) is 3.45. The third-order valence-electron chi connectivity index (χ3n) is 5.64. The fourth-order valence-corrected chi connectivity index (χ4v) is 4.16. The topological polar surface area (TPSA) is 108 Å². The van der Waals surface area contributed by atoms with Crippen molar-refractivity contribution in [2.45, 2.75) is 26.3 Å². The predicted octanol–water partition coefficient (Wildman–Crippen LogP) is 5.12. The third-order valence-corrected chi connectivity index (χ3v) is 5.64. The second kappa shape index (κ2) is 7.67. The molecule has 5 heterocycles. The molecule has 0 amide bonds. The van der Waals surface area contributed by atoms with Crippen LogP contribution in [-0.4, -0.2) is 41.2 Å². The predicted molar refractivity (Wildman–Crippen MR) is 130 cm³/mol. The second-order valence-corrected chi connectivity index (χ2v) is 8.41. The van der Waals surface area contributed by atoms with Crippen molar-refractivity contribution in [1.82, 2.24) is 35.1 Å². The van der Waals surface area contributed by atoms with E-state index in [1.54, 1.807) is 12.4 Å². The number of nitrogens with one attached hydrogen (secondary N) is 3. The Morgan fingerprint density at radius 2 is 1.91 bits per heavy atom. The zero-order chi connectivity index (χ0) is 22.4. The maximum absolute atomic E-state index is 4.90. The van der Waals surface area contributed by atoms with Gasteiger partial charge in [0.2, 0.25) is 0 Å². The highest BCUT2D eigenvalue weighted by Gasteiger charge is 2.17. The maximum atomic E-state index is 4.90. The van der Waals surface area contributed by atoms with Gasteiger partial charge in [0, 0.05) is 41.1 Å². The van der Waals surface area contributed by atoms with E-state index in [-0.39, 0.29) is 0 Å². The number of aromatic nitrogens is 7. The number of pyridine rings is 3. The Morgan fingerprint density at radius 3 is 2.76 bits per heavy atom. The molecule has 0 bridgehead atoms. The zero-order valence-corrected chi connectivity index (χ0v) is 18.3. The summed E-state index contributed by atoms with van der Waals surface area (Å²) in [5.41, 5.74) is 8.25. The molecule has 0 spiro atoms. The molecule has 5 aromatic rings. The monoisotopic (exact) mass is 434 g/mol. The van der Waals surface area contributed by atoms with E-state index in [4.69, 9.17) is 4.98 Å². The van der Waals surface area contributed by atoms with Crippen LogP contribution in [0.25, 0.3) is 50.3 Å². The van der Waals surface area contributed by atoms with Crippen LogP contribution in [0.4, 0.5) is 5.69 Å². The summed E-state index contributed by atoms with van der Waals surface area (Å²) in [4.78, 5) is 21.7. The van der Waals surface area contributed by atoms with Gasteiger partial charge in [-0.05, 0) is 38.0 Å². The van der Waals surface area contributed by atoms with Crippen LogP contribution in [-0.2, 0) is 0 Å². The Hall–Kier alpha value is -4.33. The fourth-order valence-electron chi connectivity index (χ4n) is 4.16. The van der Waals surface area contributed by atoms with Gasteiger partial charge in [0.1, 0.15) is 5.69 Å². The number of nitrogens with zero attached hydrogens (tertiary/aromatic N) is 5. The van der Waals surface area contributed by atoms with Gasteiger partial charge in [0.25, 0.3) is 0 Å². The summed E-state index contributed by atoms with van der Waals surface area (Å²) in [5.74, 6) is 0.693. The average Bonchev–Trinajstić information content (AvgIpc) is 3.57. The normalized spacial score (nSPS) is 13.4. The molecule has 1 aliphatic carbocycles. The number of imidazole rings is 1. The minimum absolute atomic E-state index is 0.320. The minimum atomic E-state index is 0.320. The summed E-state index contributed by atoms with van der Waals surface area (Å²) in [5, 5.41) is 12.0. The molecule has 0 aromatic carbocycles. The molecule has 5 aromatic heterocycles. The first-order valence-corrected chi connectivity index (χ1v) is 10.9. The standard InChI is InChI=1S/C25H22N8/c1-14(2)29-17-7-16(9-26-10-17)20-8-18-21(13-28-20)32-33-24(18)25-30-22-12-27-11-19(23(22)31-25)15-5-3-4-6-15/h3,5-14,29H,4H2,1-2H3,(H,30,31)(H,32,33). The molecule has 8 heteroatoms. The molecule has 0 aliphatic heterocycles. The van der Waals surface area contributed by atoms with Crippen LogP contribution in [0.1, 0.15) is 25.8 Å². The van der Waals surface area contributed by atoms with Gasteiger partial charge < -0.3 is 10.3 Å². The number of fused-ring (bicyclic) bond motifs is 2. The van der Waals surface area contributed by atoms with Crippen molar-refractivity contribution in [3.8, 4) is 22.8 Å². The van der Waals surface area contributed by atoms with E-state index in [2.05, 4.69) is 73.6 Å². The molecule has 0 unspecified atom stereocenters. The molecule has 1 aliphatic rings. The first-order valence-electron chi connectivity index (χ1n) is 10.9. The van der Waals surface area contributed by atoms with Crippen LogP contribution in [0, 0.1) is 0 Å². The van der Waals surface area contributed by atoms with E-state index in [1.165, 1.54) is 0 Å². The quantitative estimate of drug-likeness (QED) is 0.354. The van der Waals surface area contributed by atoms with Crippen molar-refractivity contribution < 1.29 is 0 Å². The number of hydrogen-bond donors (Lipinski definition) is 3. The van der Waals surface area contributed by atoms with Crippen LogP contribution in [0.5, 0.6) is 0 Å². The number of H-pyrrole nitrogens is 2. The number of hydrogen-bond acceptors (Lipinski definition) is 6. The van der Waals surface area contributed by atoms with Crippen molar-refractivity contribution in [1.29, 1.82) is 0 Å². The number of anilines is 1. The van der Waals surface area contributed by atoms with Crippen molar-refractivity contribution in [3.63, 3.8) is 0 Å². The highest BCUT2D eigenvalue weighted by Crippen LogP contribution is 2.32. The largest absolute Gasteiger partial charge is 0.382 e. The molecule has 0 atom stereocenters. The highest BCUT2D eigenvalue weighted by molar-refractivity contribution is 5.97. The SMILES string of the molecule is CC(C)Nc1cncc(-c2cc3c(-c4nc5c(C6=CCC=C6)cncc5[nH]4)n[nH]c3cn2)c1. The Morgan fingerprint density at radius 1 is 1.00 bits per heavy atom. The van der Waals surface area contributed by atoms with Crippen molar-refractivity contribution in [3.05, 3.63) is 66.9 Å². The number of rotatable bonds is 5. The Balaban J connectivity index is 1.45. The van der Waals surface area contributed by atoms with Crippen LogP contribution in [0.3, 0.4) is 0 Å². The Bertz CT molecular complexity index is 1550. The Kier molecular flexibility index (Phi) is 4.50. The molecule has 3 N–H and O–H groups in total. The van der Waals surface area contributed by atoms with Gasteiger partial charge in [0.15, 0.2) is 5.82 Å². The molecule has 8 nitrogen and oxygen atoms in total. The summed E-state index contributed by atoms with van der Waals surface area (Å²) in [6.07, 6.45) is 16.5. The fraction of sp³-hybridized carbons (Fsp3) is 0.160. The molecular weight excluding hydrogens is 412 g/mol. The molecule has 0 fully saturated rings. The lowest BCUT2D eigenvalue weighted by atomic mass is 10.1. The molecule has 0 saturated heterocycles. The zero-order valence-electron chi connectivity index (χ0n) is 18.3. The average molecular weight is 435 g/mol. The maximum Gasteiger partial charge on any atom is 0.159 e. The van der Waals surface area contributed by atoms with Crippen LogP contribution in [0.15, 0.2) is 61.3 Å². The lowest BCUT2D eigenvalue weighted by molar-refractivity contribution is 0.898. The molecular formula is C25H22N8. The van der Waals surface area contributed by atoms with Gasteiger partial charge >= 0.3 is 0 Å². The van der Waals surface area contributed by atoms with Crippen LogP contribution in [0.2, 0.25) is 0 Å². The lowest BCUT2D eigenvalue weighted by Gasteiger charge is -2.10. The van der Waals surface area contributed by atoms with E-state index in [0.29, 0.717) is 11.9 Å². The van der Waals surface area contributed by atoms with Crippen LogP contribution < -0.4 is 5.32 Å². The first-order chi connectivity index (χ1) is 16.2. The number of aromatic amines is 2. The first kappa shape index (κ1) is 19.4. The van der Waals surface area contributed by atoms with Gasteiger partial charge in [0.05, 0.1) is 40.3 Å². The second-order valence-electron chi connectivity index (χ2n) is 8.41. The minimum Gasteiger partial charge on any atom is -0.382 e. The molecule has 6 rings (SSSR count). The van der Waals surface area contributed by atoms with E-state index in [0.717, 1.165) is 62.1 Å². The van der Waals surface area contributed by atoms with Crippen molar-refractivity contribution in [2.75, 3.05) is 5.32 Å². The van der Waals surface area contributed by atoms with E-state index in [1.807, 2.05) is 24.7 Å². The molecule has 0 saturated carbocycles. The Labute approximate surface area is 189 Å². The summed E-state index contributed by atoms with van der Waals surface area (Å²) in [6.45, 7) is 4.20. The van der Waals surface area contributed by atoms with Crippen LogP contribution >= 0.6 is 0 Å². The van der Waals surface area contributed by atoms with Gasteiger partial charge in [-0.15, -0.1) is 0 Å². The van der Waals surface area contributed by atoms with E-state index < -0.39 is 0 Å². The van der Waals surface area contributed by atoms with Gasteiger partial charge in [-0.25, -0.2) is 4.98 Å². The van der Waals surface area contributed by atoms with Gasteiger partial charge in [-0.3, -0.25) is 20.1 Å². The van der Waals surface area contributed by atoms with E-state index in [9.17, 15) is 0 Å². The van der Waals surface area contributed by atoms with E-state index >= 15 is 0 Å². The lowest BCUT2D eigenvalue weighted by Crippen LogP contribution is -2.09. The summed E-state index contributed by atoms with van der Waals surface area (Å²) in [6, 6.07) is 4.41. The van der Waals surface area contributed by atoms with Crippen molar-refractivity contribution in [2.24, 2.45) is 0 Å². The number of allylic oxidation sites excluding steroid dienone is 4. The summed E-state index contributed by atoms with van der Waals surface area (Å²) in [7, 11) is 0. The van der Waals surface area contributed by atoms with Gasteiger partial charge in [-0.2, -0.15) is 5.10 Å². The summed E-state index contributed by atoms with van der Waals surface area (Å²) < 4.78 is 0. The van der Waals surface area contributed by atoms with Gasteiger partial charge in [-0.1, -0.05) is 18.2 Å².